The molecule has 0 radical (unpaired) electrons. The highest BCUT2D eigenvalue weighted by Crippen LogP contribution is 2.07. The van der Waals surface area contributed by atoms with Gasteiger partial charge in [-0.25, -0.2) is 0 Å². The lowest BCUT2D eigenvalue weighted by Crippen LogP contribution is -2.40. The summed E-state index contributed by atoms with van der Waals surface area (Å²) in [6, 6.07) is 0. The van der Waals surface area contributed by atoms with Gasteiger partial charge in [0, 0.05) is 39.1 Å². The largest absolute Gasteiger partial charge is 0.357 e. The summed E-state index contributed by atoms with van der Waals surface area (Å²) < 4.78 is 0. The fourth-order valence-corrected chi connectivity index (χ4v) is 2.13. The Bertz CT molecular complexity index is 303. The Morgan fingerprint density at radius 1 is 1.05 bits per heavy atom. The van der Waals surface area contributed by atoms with Crippen LogP contribution >= 0.6 is 24.0 Å². The molecule has 0 saturated carbocycles. The van der Waals surface area contributed by atoms with E-state index < -0.39 is 0 Å². The topological polar surface area (TPSA) is 56.7 Å². The molecule has 0 unspecified atom stereocenters. The molecule has 0 aliphatic carbocycles. The van der Waals surface area contributed by atoms with E-state index in [0.29, 0.717) is 18.9 Å². The molecular formula is C16H35IN4O. The van der Waals surface area contributed by atoms with Crippen LogP contribution in [0.25, 0.3) is 0 Å². The number of hydrogen-bond donors (Lipinski definition) is 2. The first-order valence-electron chi connectivity index (χ1n) is 8.42. The molecule has 22 heavy (non-hydrogen) atoms. The number of halogens is 1. The molecule has 0 aromatic carbocycles. The molecule has 0 spiro atoms. The van der Waals surface area contributed by atoms with Crippen molar-refractivity contribution in [2.45, 2.75) is 53.9 Å². The van der Waals surface area contributed by atoms with Gasteiger partial charge in [-0.1, -0.05) is 26.7 Å². The first kappa shape index (κ1) is 23.7. The molecule has 0 atom stereocenters. The van der Waals surface area contributed by atoms with Crippen LogP contribution in [-0.4, -0.2) is 49.5 Å². The van der Waals surface area contributed by atoms with Gasteiger partial charge in [0.25, 0.3) is 0 Å². The molecule has 0 bridgehead atoms. The maximum Gasteiger partial charge on any atom is 0.224 e. The van der Waals surface area contributed by atoms with Gasteiger partial charge in [-0.15, -0.1) is 24.0 Å². The smallest absolute Gasteiger partial charge is 0.224 e. The van der Waals surface area contributed by atoms with Crippen molar-refractivity contribution in [1.82, 2.24) is 15.5 Å². The van der Waals surface area contributed by atoms with Gasteiger partial charge in [-0.05, 0) is 26.7 Å². The van der Waals surface area contributed by atoms with Crippen molar-refractivity contribution in [2.75, 3.05) is 32.7 Å². The van der Waals surface area contributed by atoms with E-state index in [0.717, 1.165) is 45.0 Å². The highest BCUT2D eigenvalue weighted by molar-refractivity contribution is 14.0. The normalized spacial score (nSPS) is 11.1. The van der Waals surface area contributed by atoms with E-state index in [9.17, 15) is 4.79 Å². The van der Waals surface area contributed by atoms with Gasteiger partial charge >= 0.3 is 0 Å². The lowest BCUT2D eigenvalue weighted by molar-refractivity contribution is -0.130. The molecule has 0 aliphatic heterocycles. The molecule has 0 heterocycles. The summed E-state index contributed by atoms with van der Waals surface area (Å²) in [5.41, 5.74) is 0. The van der Waals surface area contributed by atoms with E-state index >= 15 is 0 Å². The molecule has 6 heteroatoms. The summed E-state index contributed by atoms with van der Waals surface area (Å²) in [6.45, 7) is 14.3. The summed E-state index contributed by atoms with van der Waals surface area (Å²) in [4.78, 5) is 18.4. The molecule has 0 aliphatic rings. The van der Waals surface area contributed by atoms with E-state index in [-0.39, 0.29) is 29.9 Å². The quantitative estimate of drug-likeness (QED) is 0.321. The molecule has 5 nitrogen and oxygen atoms in total. The lowest BCUT2D eigenvalue weighted by Gasteiger charge is -2.19. The number of guanidine groups is 1. The van der Waals surface area contributed by atoms with Gasteiger partial charge in [0.15, 0.2) is 5.96 Å². The van der Waals surface area contributed by atoms with Crippen LogP contribution in [0.5, 0.6) is 0 Å². The maximum atomic E-state index is 11.9. The first-order valence-corrected chi connectivity index (χ1v) is 8.42. The predicted octanol–water partition coefficient (Wildman–Crippen LogP) is 2.85. The number of carbonyl (C=O) groups is 1. The van der Waals surface area contributed by atoms with Crippen LogP contribution < -0.4 is 10.6 Å². The Hall–Kier alpha value is -0.530. The highest BCUT2D eigenvalue weighted by Gasteiger charge is 2.09. The van der Waals surface area contributed by atoms with Crippen molar-refractivity contribution in [2.24, 2.45) is 10.9 Å². The average Bonchev–Trinajstić information content (AvgIpc) is 2.49. The van der Waals surface area contributed by atoms with E-state index in [1.54, 1.807) is 0 Å². The molecule has 0 rings (SSSR count). The Morgan fingerprint density at radius 3 is 2.09 bits per heavy atom. The van der Waals surface area contributed by atoms with Gasteiger partial charge in [-0.2, -0.15) is 0 Å². The minimum Gasteiger partial charge on any atom is -0.357 e. The van der Waals surface area contributed by atoms with Crippen molar-refractivity contribution < 1.29 is 4.79 Å². The van der Waals surface area contributed by atoms with E-state index in [1.165, 1.54) is 0 Å². The van der Waals surface area contributed by atoms with Crippen LogP contribution in [0.1, 0.15) is 53.9 Å². The molecule has 0 aromatic heterocycles. The van der Waals surface area contributed by atoms with Crippen LogP contribution in [0.3, 0.4) is 0 Å². The molecule has 1 amide bonds. The van der Waals surface area contributed by atoms with Gasteiger partial charge < -0.3 is 15.5 Å². The minimum absolute atomic E-state index is 0. The second kappa shape index (κ2) is 15.4. The number of carbonyl (C=O) groups excluding carboxylic acids is 1. The fourth-order valence-electron chi connectivity index (χ4n) is 2.13. The second-order valence-electron chi connectivity index (χ2n) is 5.14. The molecule has 0 aromatic rings. The Labute approximate surface area is 153 Å². The van der Waals surface area contributed by atoms with E-state index in [4.69, 9.17) is 0 Å². The summed E-state index contributed by atoms with van der Waals surface area (Å²) in [7, 11) is 0. The number of rotatable bonds is 10. The van der Waals surface area contributed by atoms with Crippen LogP contribution in [0.2, 0.25) is 0 Å². The van der Waals surface area contributed by atoms with Gasteiger partial charge in [0.2, 0.25) is 5.91 Å². The van der Waals surface area contributed by atoms with Crippen molar-refractivity contribution in [3.8, 4) is 0 Å². The molecule has 2 N–H and O–H groups in total. The summed E-state index contributed by atoms with van der Waals surface area (Å²) in [6.07, 6.45) is 2.82. The zero-order valence-electron chi connectivity index (χ0n) is 14.9. The Balaban J connectivity index is 0. The van der Waals surface area contributed by atoms with Crippen LogP contribution in [0, 0.1) is 5.92 Å². The fraction of sp³-hybridized carbons (Fsp3) is 0.875. The number of nitrogens with one attached hydrogen (secondary N) is 2. The zero-order chi connectivity index (χ0) is 16.1. The zero-order valence-corrected chi connectivity index (χ0v) is 17.3. The average molecular weight is 426 g/mol. The van der Waals surface area contributed by atoms with E-state index in [2.05, 4.69) is 36.4 Å². The first-order chi connectivity index (χ1) is 10.1. The monoisotopic (exact) mass is 426 g/mol. The van der Waals surface area contributed by atoms with Gasteiger partial charge in [-0.3, -0.25) is 9.79 Å². The van der Waals surface area contributed by atoms with E-state index in [1.807, 2.05) is 18.7 Å². The summed E-state index contributed by atoms with van der Waals surface area (Å²) in [5, 5.41) is 6.48. The van der Waals surface area contributed by atoms with Gasteiger partial charge in [0.05, 0.1) is 0 Å². The third-order valence-electron chi connectivity index (χ3n) is 3.75. The SMILES string of the molecule is CCNC(=NCC(CC)CC)NCCC(=O)N(CC)CC.I. The van der Waals surface area contributed by atoms with Crippen molar-refractivity contribution in [3.05, 3.63) is 0 Å². The molecular weight excluding hydrogens is 391 g/mol. The minimum atomic E-state index is 0. The highest BCUT2D eigenvalue weighted by atomic mass is 127. The third kappa shape index (κ3) is 10.2. The van der Waals surface area contributed by atoms with Crippen LogP contribution in [-0.2, 0) is 4.79 Å². The number of nitrogens with zero attached hydrogens (tertiary/aromatic N) is 2. The number of hydrogen-bond acceptors (Lipinski definition) is 2. The Morgan fingerprint density at radius 2 is 1.64 bits per heavy atom. The van der Waals surface area contributed by atoms with Crippen LogP contribution in [0.4, 0.5) is 0 Å². The standard InChI is InChI=1S/C16H34N4O.HI/c1-6-14(7-2)13-19-16(17-8-3)18-12-11-15(21)20(9-4)10-5;/h14H,6-13H2,1-5H3,(H2,17,18,19);1H. The molecule has 0 saturated heterocycles. The van der Waals surface area contributed by atoms with Crippen molar-refractivity contribution >= 4 is 35.8 Å². The maximum absolute atomic E-state index is 11.9. The third-order valence-corrected chi connectivity index (χ3v) is 3.75. The van der Waals surface area contributed by atoms with Crippen molar-refractivity contribution in [3.63, 3.8) is 0 Å². The number of amides is 1. The van der Waals surface area contributed by atoms with Gasteiger partial charge in [0.1, 0.15) is 0 Å². The van der Waals surface area contributed by atoms with Crippen molar-refractivity contribution in [1.29, 1.82) is 0 Å². The van der Waals surface area contributed by atoms with Crippen LogP contribution in [0.15, 0.2) is 4.99 Å². The second-order valence-corrected chi connectivity index (χ2v) is 5.14. The Kier molecular flexibility index (Phi) is 16.6. The molecule has 132 valence electrons. The lowest BCUT2D eigenvalue weighted by atomic mass is 10.0. The summed E-state index contributed by atoms with van der Waals surface area (Å²) in [5.74, 6) is 1.65. The summed E-state index contributed by atoms with van der Waals surface area (Å²) >= 11 is 0. The molecule has 0 fully saturated rings. The number of aliphatic imine (C=N–C) groups is 1. The predicted molar refractivity (Wildman–Crippen MR) is 106 cm³/mol.